The summed E-state index contributed by atoms with van der Waals surface area (Å²) < 4.78 is 23.3. The van der Waals surface area contributed by atoms with Crippen molar-refractivity contribution in [2.24, 2.45) is 0 Å². The smallest absolute Gasteiger partial charge is 0.333 e. The van der Waals surface area contributed by atoms with E-state index in [1.807, 2.05) is 0 Å². The van der Waals surface area contributed by atoms with Crippen LogP contribution in [-0.2, 0) is 14.3 Å². The monoisotopic (exact) mass is 307 g/mol. The van der Waals surface area contributed by atoms with Crippen molar-refractivity contribution in [3.05, 3.63) is 24.6 Å². The van der Waals surface area contributed by atoms with Gasteiger partial charge in [0.15, 0.2) is 0 Å². The minimum atomic E-state index is -0.361. The lowest BCUT2D eigenvalue weighted by Crippen LogP contribution is -2.28. The van der Waals surface area contributed by atoms with Crippen LogP contribution in [0.3, 0.4) is 0 Å². The zero-order valence-corrected chi connectivity index (χ0v) is 14.6. The van der Waals surface area contributed by atoms with Crippen LogP contribution in [-0.4, -0.2) is 67.8 Å². The van der Waals surface area contributed by atoms with E-state index in [9.17, 15) is 4.79 Å². The molecular formula is C13H26FN2O3Si-. The summed E-state index contributed by atoms with van der Waals surface area (Å²) in [5.41, 5.74) is 0.414. The molecule has 118 valence electrons. The van der Waals surface area contributed by atoms with E-state index < -0.39 is 0 Å². The maximum atomic E-state index is 11.1. The molecule has 0 N–H and O–H groups in total. The predicted octanol–water partition coefficient (Wildman–Crippen LogP) is 0.157. The number of halogens is 1. The highest BCUT2D eigenvalue weighted by Crippen LogP contribution is 2.04. The summed E-state index contributed by atoms with van der Waals surface area (Å²) in [5.74, 6) is -0.361. The highest BCUT2D eigenvalue weighted by Gasteiger charge is 2.09. The van der Waals surface area contributed by atoms with Crippen LogP contribution < -0.4 is 0 Å². The Morgan fingerprint density at radius 2 is 2.00 bits per heavy atom. The topological polar surface area (TPSA) is 42.0 Å². The quantitative estimate of drug-likeness (QED) is 0.276. The van der Waals surface area contributed by atoms with Gasteiger partial charge in [-0.25, -0.2) is 4.79 Å². The van der Waals surface area contributed by atoms with Gasteiger partial charge in [-0.2, -0.15) is 0 Å². The van der Waals surface area contributed by atoms with Crippen LogP contribution in [0.4, 0.5) is 4.72 Å². The molecule has 0 amide bonds. The van der Waals surface area contributed by atoms with Crippen molar-refractivity contribution in [2.45, 2.75) is 13.8 Å². The Bertz CT molecular complexity index is 333. The van der Waals surface area contributed by atoms with Gasteiger partial charge in [0.25, 0.3) is 1.45 Å². The average Bonchev–Trinajstić information content (AvgIpc) is 2.92. The van der Waals surface area contributed by atoms with E-state index in [2.05, 4.69) is 37.2 Å². The average molecular weight is 307 g/mol. The van der Waals surface area contributed by atoms with Crippen LogP contribution in [0.25, 0.3) is 0 Å². The molecule has 0 radical (unpaired) electrons. The normalized spacial score (nSPS) is 13.1. The Balaban J connectivity index is 0. The van der Waals surface area contributed by atoms with Crippen molar-refractivity contribution in [3.63, 3.8) is 0 Å². The molecule has 0 aromatic carbocycles. The largest absolute Gasteiger partial charge is 0.460 e. The molecule has 0 atom stereocenters. The summed E-state index contributed by atoms with van der Waals surface area (Å²) in [5, 5.41) is 0. The summed E-state index contributed by atoms with van der Waals surface area (Å²) >= 11 is 0. The Morgan fingerprint density at radius 1 is 1.35 bits per heavy atom. The van der Waals surface area contributed by atoms with E-state index in [0.29, 0.717) is 18.8 Å². The predicted molar refractivity (Wildman–Crippen MR) is 82.1 cm³/mol. The first-order valence-corrected chi connectivity index (χ1v) is 6.20. The first kappa shape index (κ1) is 18.7. The second-order valence-corrected chi connectivity index (χ2v) is 4.19. The molecular weight excluding hydrogens is 279 g/mol. The molecule has 0 unspecified atom stereocenters. The van der Waals surface area contributed by atoms with E-state index >= 15 is 0 Å². The van der Waals surface area contributed by atoms with E-state index in [1.54, 1.807) is 6.92 Å². The fourth-order valence-electron chi connectivity index (χ4n) is 1.47. The van der Waals surface area contributed by atoms with E-state index in [1.165, 1.54) is 0 Å². The van der Waals surface area contributed by atoms with E-state index in [-0.39, 0.29) is 23.5 Å². The van der Waals surface area contributed by atoms with Gasteiger partial charge in [-0.1, -0.05) is 6.58 Å². The van der Waals surface area contributed by atoms with Crippen molar-refractivity contribution < 1.29 is 19.0 Å². The van der Waals surface area contributed by atoms with Gasteiger partial charge in [-0.15, -0.1) is 0 Å². The van der Waals surface area contributed by atoms with Crippen LogP contribution >= 0.6 is 0 Å². The van der Waals surface area contributed by atoms with Crippen LogP contribution in [0.2, 0.25) is 0 Å². The summed E-state index contributed by atoms with van der Waals surface area (Å²) in [6.07, 6.45) is 4.14. The molecule has 0 saturated carbocycles. The van der Waals surface area contributed by atoms with Gasteiger partial charge in [0, 0.05) is 31.1 Å². The molecule has 0 aliphatic carbocycles. The SMILES string of the molecule is C=C(C)C(=O)OCCOCCN1C=CN(CC)C1.[3H]F.[SiH3-]. The highest BCUT2D eigenvalue weighted by atomic mass is 28.1. The molecule has 1 rings (SSSR count). The second-order valence-electron chi connectivity index (χ2n) is 4.19. The van der Waals surface area contributed by atoms with Gasteiger partial charge >= 0.3 is 5.97 Å². The molecule has 7 heteroatoms. The molecule has 20 heavy (non-hydrogen) atoms. The molecule has 0 spiro atoms. The Morgan fingerprint density at radius 3 is 2.55 bits per heavy atom. The van der Waals surface area contributed by atoms with Crippen molar-refractivity contribution >= 4 is 16.9 Å². The maximum absolute atomic E-state index is 11.1. The summed E-state index contributed by atoms with van der Waals surface area (Å²) in [7, 11) is 0. The number of nitrogens with zero attached hydrogens (tertiary/aromatic N) is 2. The van der Waals surface area contributed by atoms with Gasteiger partial charge in [-0.3, -0.25) is 4.72 Å². The van der Waals surface area contributed by atoms with Gasteiger partial charge < -0.3 is 30.2 Å². The number of esters is 1. The van der Waals surface area contributed by atoms with Gasteiger partial charge in [-0.05, 0) is 13.8 Å². The van der Waals surface area contributed by atoms with Crippen LogP contribution in [0.1, 0.15) is 13.8 Å². The molecule has 0 aromatic rings. The second kappa shape index (κ2) is 11.5. The number of rotatable bonds is 8. The molecule has 1 aliphatic rings. The molecule has 1 heterocycles. The summed E-state index contributed by atoms with van der Waals surface area (Å²) in [6, 6.07) is 0. The fourth-order valence-corrected chi connectivity index (χ4v) is 1.47. The number of hydrogen-bond acceptors (Lipinski definition) is 5. The lowest BCUT2D eigenvalue weighted by atomic mass is 10.4. The van der Waals surface area contributed by atoms with E-state index in [0.717, 1.165) is 19.8 Å². The van der Waals surface area contributed by atoms with Crippen molar-refractivity contribution in [3.8, 4) is 0 Å². The molecule has 1 aliphatic heterocycles. The zero-order chi connectivity index (χ0) is 15.4. The van der Waals surface area contributed by atoms with Crippen LogP contribution in [0.5, 0.6) is 0 Å². The van der Waals surface area contributed by atoms with Gasteiger partial charge in [0.05, 0.1) is 19.9 Å². The molecule has 5 nitrogen and oxygen atoms in total. The summed E-state index contributed by atoms with van der Waals surface area (Å²) in [6.45, 7) is 11.4. The zero-order valence-electron chi connectivity index (χ0n) is 13.6. The standard InChI is InChI=1S/C13H22N2O3.FH.H3Si/c1-4-14-5-6-15(11-14)7-8-17-9-10-18-13(16)12(2)3;;/h5-6H,2,4,7-11H2,1,3H3;1H;1H3/q;;-1/i/hT. The van der Waals surface area contributed by atoms with Gasteiger partial charge in [0.2, 0.25) is 0 Å². The van der Waals surface area contributed by atoms with Crippen LogP contribution in [0.15, 0.2) is 24.6 Å². The van der Waals surface area contributed by atoms with Crippen LogP contribution in [0, 0.1) is 0 Å². The molecule has 0 fully saturated rings. The Labute approximate surface area is 126 Å². The first-order valence-electron chi connectivity index (χ1n) is 6.58. The number of carbonyl (C=O) groups excluding carboxylic acids is 1. The Kier molecular flexibility index (Phi) is 10.7. The summed E-state index contributed by atoms with van der Waals surface area (Å²) in [4.78, 5) is 15.5. The number of ether oxygens (including phenoxy) is 2. The lowest BCUT2D eigenvalue weighted by molar-refractivity contribution is -0.140. The number of carbonyl (C=O) groups is 1. The Hall–Kier alpha value is -1.34. The maximum Gasteiger partial charge on any atom is 0.333 e. The third kappa shape index (κ3) is 7.95. The number of hydrogen-bond donors (Lipinski definition) is 0. The third-order valence-corrected chi connectivity index (χ3v) is 2.59. The van der Waals surface area contributed by atoms with Gasteiger partial charge in [0.1, 0.15) is 6.61 Å². The third-order valence-electron chi connectivity index (χ3n) is 2.59. The van der Waals surface area contributed by atoms with Crippen molar-refractivity contribution in [1.29, 1.82) is 1.45 Å². The minimum absolute atomic E-state index is 0. The first-order chi connectivity index (χ1) is 9.63. The fraction of sp³-hybridized carbons (Fsp3) is 0.615. The minimum Gasteiger partial charge on any atom is -0.460 e. The van der Waals surface area contributed by atoms with E-state index in [4.69, 9.17) is 14.2 Å². The molecule has 0 bridgehead atoms. The lowest BCUT2D eigenvalue weighted by Gasteiger charge is -2.19. The highest BCUT2D eigenvalue weighted by molar-refractivity contribution is 5.86. The molecule has 0 saturated heterocycles. The van der Waals surface area contributed by atoms with Crippen molar-refractivity contribution in [2.75, 3.05) is 39.6 Å². The molecule has 0 aromatic heterocycles. The van der Waals surface area contributed by atoms with Crippen molar-refractivity contribution in [1.82, 2.24) is 9.80 Å².